The van der Waals surface area contributed by atoms with Gasteiger partial charge in [-0.3, -0.25) is 4.79 Å². The van der Waals surface area contributed by atoms with Crippen molar-refractivity contribution >= 4 is 17.4 Å². The molecule has 2 aliphatic rings. The summed E-state index contributed by atoms with van der Waals surface area (Å²) in [5.41, 5.74) is 1.00. The molecule has 0 radical (unpaired) electrons. The number of halogens is 1. The van der Waals surface area contributed by atoms with Gasteiger partial charge >= 0.3 is 0 Å². The maximum Gasteiger partial charge on any atom is 0.165 e. The summed E-state index contributed by atoms with van der Waals surface area (Å²) >= 11 is 5.76. The van der Waals surface area contributed by atoms with Gasteiger partial charge in [0.05, 0.1) is 0 Å². The van der Waals surface area contributed by atoms with Gasteiger partial charge in [0.15, 0.2) is 5.78 Å². The molecule has 2 aliphatic carbocycles. The summed E-state index contributed by atoms with van der Waals surface area (Å²) in [6.45, 7) is 0. The molecular formula is C11H11ClO. The molecule has 0 N–H and O–H groups in total. The van der Waals surface area contributed by atoms with E-state index in [4.69, 9.17) is 11.6 Å². The van der Waals surface area contributed by atoms with Crippen molar-refractivity contribution in [2.24, 2.45) is 5.92 Å². The van der Waals surface area contributed by atoms with E-state index in [9.17, 15) is 4.79 Å². The zero-order chi connectivity index (χ0) is 9.26. The standard InChI is InChI=1S/C11H11ClO/c12-10-6-4-9(5-7-10)11(13)8-2-1-3-8/h2,4,6-7,9H,1,3,5H2. The highest BCUT2D eigenvalue weighted by Gasteiger charge is 2.22. The zero-order valence-electron chi connectivity index (χ0n) is 7.29. The predicted molar refractivity (Wildman–Crippen MR) is 53.5 cm³/mol. The summed E-state index contributed by atoms with van der Waals surface area (Å²) in [4.78, 5) is 11.7. The molecule has 0 saturated heterocycles. The van der Waals surface area contributed by atoms with E-state index in [0.717, 1.165) is 29.9 Å². The molecule has 0 aromatic heterocycles. The van der Waals surface area contributed by atoms with Crippen LogP contribution in [0.3, 0.4) is 0 Å². The van der Waals surface area contributed by atoms with Crippen LogP contribution in [-0.4, -0.2) is 5.78 Å². The summed E-state index contributed by atoms with van der Waals surface area (Å²) in [6, 6.07) is 0. The minimum atomic E-state index is 0.0362. The van der Waals surface area contributed by atoms with E-state index in [0.29, 0.717) is 0 Å². The van der Waals surface area contributed by atoms with Gasteiger partial charge in [-0.25, -0.2) is 0 Å². The molecule has 0 saturated carbocycles. The Labute approximate surface area is 82.8 Å². The van der Waals surface area contributed by atoms with Crippen molar-refractivity contribution in [3.63, 3.8) is 0 Å². The number of carbonyl (C=O) groups excluding carboxylic acids is 1. The highest BCUT2D eigenvalue weighted by atomic mass is 35.5. The van der Waals surface area contributed by atoms with E-state index in [1.165, 1.54) is 0 Å². The van der Waals surface area contributed by atoms with Gasteiger partial charge in [0.25, 0.3) is 0 Å². The molecule has 68 valence electrons. The first-order valence-corrected chi connectivity index (χ1v) is 4.92. The first-order chi connectivity index (χ1) is 6.27. The molecule has 0 aliphatic heterocycles. The summed E-state index contributed by atoms with van der Waals surface area (Å²) in [7, 11) is 0. The average molecular weight is 195 g/mol. The van der Waals surface area contributed by atoms with E-state index in [-0.39, 0.29) is 11.7 Å². The minimum absolute atomic E-state index is 0.0362. The van der Waals surface area contributed by atoms with E-state index in [2.05, 4.69) is 0 Å². The lowest BCUT2D eigenvalue weighted by Gasteiger charge is -2.18. The van der Waals surface area contributed by atoms with Crippen molar-refractivity contribution in [2.75, 3.05) is 0 Å². The van der Waals surface area contributed by atoms with E-state index in [1.807, 2.05) is 24.3 Å². The lowest BCUT2D eigenvalue weighted by atomic mass is 9.85. The summed E-state index contributed by atoms with van der Waals surface area (Å²) in [6.07, 6.45) is 10.4. The molecule has 2 rings (SSSR count). The minimum Gasteiger partial charge on any atom is -0.294 e. The largest absolute Gasteiger partial charge is 0.294 e. The van der Waals surface area contributed by atoms with Crippen LogP contribution in [0.4, 0.5) is 0 Å². The van der Waals surface area contributed by atoms with Gasteiger partial charge in [-0.05, 0) is 30.9 Å². The van der Waals surface area contributed by atoms with Crippen LogP contribution >= 0.6 is 11.6 Å². The van der Waals surface area contributed by atoms with Gasteiger partial charge in [0.1, 0.15) is 0 Å². The molecule has 0 amide bonds. The van der Waals surface area contributed by atoms with Gasteiger partial charge in [-0.15, -0.1) is 0 Å². The molecule has 0 bridgehead atoms. The second-order valence-electron chi connectivity index (χ2n) is 3.42. The molecule has 1 atom stereocenters. The fourth-order valence-electron chi connectivity index (χ4n) is 1.54. The third-order valence-corrected chi connectivity index (χ3v) is 2.79. The molecule has 0 aromatic carbocycles. The van der Waals surface area contributed by atoms with Crippen LogP contribution in [0.1, 0.15) is 19.3 Å². The summed E-state index contributed by atoms with van der Waals surface area (Å²) in [5.74, 6) is 0.317. The molecule has 2 heteroatoms. The number of hydrogen-bond acceptors (Lipinski definition) is 1. The molecule has 0 aromatic rings. The van der Waals surface area contributed by atoms with Gasteiger partial charge < -0.3 is 0 Å². The van der Waals surface area contributed by atoms with E-state index in [1.54, 1.807) is 0 Å². The van der Waals surface area contributed by atoms with Gasteiger partial charge in [-0.1, -0.05) is 29.8 Å². The molecule has 0 fully saturated rings. The van der Waals surface area contributed by atoms with Crippen molar-refractivity contribution < 1.29 is 4.79 Å². The fraction of sp³-hybridized carbons (Fsp3) is 0.364. The molecule has 1 unspecified atom stereocenters. The van der Waals surface area contributed by atoms with Crippen LogP contribution in [0.2, 0.25) is 0 Å². The second kappa shape index (κ2) is 3.51. The maximum absolute atomic E-state index is 11.7. The third-order valence-electron chi connectivity index (χ3n) is 2.51. The van der Waals surface area contributed by atoms with Crippen LogP contribution < -0.4 is 0 Å². The highest BCUT2D eigenvalue weighted by Crippen LogP contribution is 2.27. The second-order valence-corrected chi connectivity index (χ2v) is 3.86. The number of carbonyl (C=O) groups is 1. The van der Waals surface area contributed by atoms with Crippen LogP contribution in [0.5, 0.6) is 0 Å². The highest BCUT2D eigenvalue weighted by molar-refractivity contribution is 6.31. The van der Waals surface area contributed by atoms with Crippen molar-refractivity contribution in [1.82, 2.24) is 0 Å². The molecule has 1 nitrogen and oxygen atoms in total. The SMILES string of the molecule is O=C(C1=CCC1)C1C=CC(Cl)=CC1. The summed E-state index contributed by atoms with van der Waals surface area (Å²) < 4.78 is 0. The Kier molecular flexibility index (Phi) is 2.36. The third kappa shape index (κ3) is 1.75. The van der Waals surface area contributed by atoms with Crippen molar-refractivity contribution in [2.45, 2.75) is 19.3 Å². The topological polar surface area (TPSA) is 17.1 Å². The van der Waals surface area contributed by atoms with Crippen LogP contribution in [0, 0.1) is 5.92 Å². The number of allylic oxidation sites excluding steroid dienone is 6. The Morgan fingerprint density at radius 3 is 2.69 bits per heavy atom. The monoisotopic (exact) mass is 194 g/mol. The van der Waals surface area contributed by atoms with Crippen molar-refractivity contribution in [1.29, 1.82) is 0 Å². The Balaban J connectivity index is 2.04. The molecule has 13 heavy (non-hydrogen) atoms. The average Bonchev–Trinajstić information content (AvgIpc) is 2.02. The maximum atomic E-state index is 11.7. The van der Waals surface area contributed by atoms with E-state index >= 15 is 0 Å². The first-order valence-electron chi connectivity index (χ1n) is 4.54. The predicted octanol–water partition coefficient (Wildman–Crippen LogP) is 2.97. The van der Waals surface area contributed by atoms with Crippen LogP contribution in [0.25, 0.3) is 0 Å². The number of ketones is 1. The Bertz CT molecular complexity index is 323. The smallest absolute Gasteiger partial charge is 0.165 e. The molecule has 0 spiro atoms. The zero-order valence-corrected chi connectivity index (χ0v) is 8.05. The quantitative estimate of drug-likeness (QED) is 0.661. The van der Waals surface area contributed by atoms with E-state index < -0.39 is 0 Å². The lowest BCUT2D eigenvalue weighted by molar-refractivity contribution is -0.118. The van der Waals surface area contributed by atoms with Gasteiger partial charge in [0, 0.05) is 11.0 Å². The Morgan fingerprint density at radius 1 is 1.46 bits per heavy atom. The van der Waals surface area contributed by atoms with Gasteiger partial charge in [0.2, 0.25) is 0 Å². The summed E-state index contributed by atoms with van der Waals surface area (Å²) in [5, 5.41) is 0.742. The Morgan fingerprint density at radius 2 is 2.23 bits per heavy atom. The number of Topliss-reactive ketones (excluding diaryl/α,β-unsaturated/α-hetero) is 1. The Hall–Kier alpha value is -0.820. The van der Waals surface area contributed by atoms with Crippen LogP contribution in [-0.2, 0) is 4.79 Å². The lowest BCUT2D eigenvalue weighted by Crippen LogP contribution is -2.18. The normalized spacial score (nSPS) is 26.1. The van der Waals surface area contributed by atoms with Gasteiger partial charge in [-0.2, -0.15) is 0 Å². The van der Waals surface area contributed by atoms with Crippen LogP contribution in [0.15, 0.2) is 34.9 Å². The molecular weight excluding hydrogens is 184 g/mol. The molecule has 0 heterocycles. The first kappa shape index (κ1) is 8.76. The number of rotatable bonds is 2. The van der Waals surface area contributed by atoms with Crippen molar-refractivity contribution in [3.05, 3.63) is 34.9 Å². The number of hydrogen-bond donors (Lipinski definition) is 0. The fourth-order valence-corrected chi connectivity index (χ4v) is 1.70. The van der Waals surface area contributed by atoms with Crippen molar-refractivity contribution in [3.8, 4) is 0 Å².